The predicted octanol–water partition coefficient (Wildman–Crippen LogP) is 4.90. The van der Waals surface area contributed by atoms with E-state index in [1.165, 1.54) is 0 Å². The van der Waals surface area contributed by atoms with Crippen LogP contribution < -0.4 is 0 Å². The Morgan fingerprint density at radius 1 is 1.20 bits per heavy atom. The molecule has 3 heterocycles. The molecular weight excluding hydrogens is 520 g/mol. The number of ether oxygens (including phenoxy) is 2. The smallest absolute Gasteiger partial charge is 0.312 e. The van der Waals surface area contributed by atoms with Crippen molar-refractivity contribution in [3.63, 3.8) is 0 Å². The van der Waals surface area contributed by atoms with E-state index in [-0.39, 0.29) is 36.4 Å². The van der Waals surface area contributed by atoms with Gasteiger partial charge in [-0.15, -0.1) is 13.2 Å². The highest BCUT2D eigenvalue weighted by Crippen LogP contribution is 2.65. The van der Waals surface area contributed by atoms with Crippen LogP contribution in [-0.4, -0.2) is 81.3 Å². The second-order valence-corrected chi connectivity index (χ2v) is 14.5. The summed E-state index contributed by atoms with van der Waals surface area (Å²) in [6, 6.07) is -1.57. The highest BCUT2D eigenvalue weighted by molar-refractivity contribution is 5.99. The number of aliphatic hydroxyl groups is 1. The van der Waals surface area contributed by atoms with E-state index in [0.29, 0.717) is 32.2 Å². The number of fused-ring (bicyclic) bond motifs is 1. The van der Waals surface area contributed by atoms with E-state index in [1.807, 2.05) is 39.5 Å². The normalized spacial score (nSPS) is 30.0. The average molecular weight is 575 g/mol. The lowest BCUT2D eigenvalue weighted by atomic mass is 9.65. The molecule has 0 aromatic rings. The lowest BCUT2D eigenvalue weighted by Crippen LogP contribution is -2.63. The molecule has 3 saturated heterocycles. The van der Waals surface area contributed by atoms with E-state index in [2.05, 4.69) is 33.9 Å². The third-order valence-electron chi connectivity index (χ3n) is 9.49. The van der Waals surface area contributed by atoms with Crippen molar-refractivity contribution < 1.29 is 29.0 Å². The van der Waals surface area contributed by atoms with Gasteiger partial charge in [-0.1, -0.05) is 53.7 Å². The Morgan fingerprint density at radius 2 is 1.85 bits per heavy atom. The highest BCUT2D eigenvalue weighted by atomic mass is 16.6. The van der Waals surface area contributed by atoms with Crippen LogP contribution in [-0.2, 0) is 23.9 Å². The number of allylic oxidation sites excluding steroid dienone is 1. The summed E-state index contributed by atoms with van der Waals surface area (Å²) >= 11 is 0. The van der Waals surface area contributed by atoms with Crippen LogP contribution in [0, 0.1) is 23.2 Å². The number of esters is 1. The van der Waals surface area contributed by atoms with Crippen LogP contribution in [0.2, 0.25) is 0 Å². The van der Waals surface area contributed by atoms with Crippen LogP contribution in [0.5, 0.6) is 0 Å². The first-order valence-electron chi connectivity index (χ1n) is 15.4. The van der Waals surface area contributed by atoms with Crippen molar-refractivity contribution in [2.45, 2.75) is 123 Å². The van der Waals surface area contributed by atoms with Crippen molar-refractivity contribution in [1.82, 2.24) is 9.80 Å². The van der Waals surface area contributed by atoms with E-state index < -0.39 is 46.6 Å². The molecule has 232 valence electrons. The van der Waals surface area contributed by atoms with Crippen LogP contribution in [0.4, 0.5) is 0 Å². The summed E-state index contributed by atoms with van der Waals surface area (Å²) in [5.74, 6) is -2.73. The fourth-order valence-corrected chi connectivity index (χ4v) is 8.07. The number of likely N-dealkylation sites (tertiary alicyclic amines) is 1. The van der Waals surface area contributed by atoms with E-state index in [1.54, 1.807) is 17.1 Å². The summed E-state index contributed by atoms with van der Waals surface area (Å²) in [5, 5.41) is 10.5. The molecule has 3 rings (SSSR count). The molecule has 0 aliphatic carbocycles. The largest absolute Gasteiger partial charge is 0.465 e. The molecule has 3 fully saturated rings. The van der Waals surface area contributed by atoms with Crippen LogP contribution in [0.15, 0.2) is 25.3 Å². The molecule has 2 bridgehead atoms. The Morgan fingerprint density at radius 3 is 2.37 bits per heavy atom. The molecule has 41 heavy (non-hydrogen) atoms. The Balaban J connectivity index is 2.15. The first-order valence-corrected chi connectivity index (χ1v) is 15.4. The van der Waals surface area contributed by atoms with Crippen LogP contribution >= 0.6 is 0 Å². The molecule has 6 atom stereocenters. The van der Waals surface area contributed by atoms with Crippen LogP contribution in [0.1, 0.15) is 93.9 Å². The van der Waals surface area contributed by atoms with E-state index in [0.717, 1.165) is 12.8 Å². The lowest BCUT2D eigenvalue weighted by Gasteiger charge is -2.47. The van der Waals surface area contributed by atoms with Gasteiger partial charge in [-0.05, 0) is 63.7 Å². The number of carbonyl (C=O) groups excluding carboxylic acids is 3. The SMILES string of the molecule is C=CCCCOC(=O)[C@H]1[C@H]2C(=O)N([C@@H](CO)C(C)C)C(C(=O)N(CC=C)C(C)(C)CC(C)(C)C)C23CC[C@]1(CC)O3. The molecule has 1 N–H and O–H groups in total. The van der Waals surface area contributed by atoms with Crippen molar-refractivity contribution in [3.8, 4) is 0 Å². The highest BCUT2D eigenvalue weighted by Gasteiger charge is 2.80. The van der Waals surface area contributed by atoms with Crippen molar-refractivity contribution in [2.24, 2.45) is 23.2 Å². The van der Waals surface area contributed by atoms with Crippen molar-refractivity contribution >= 4 is 17.8 Å². The Bertz CT molecular complexity index is 1020. The minimum absolute atomic E-state index is 0.0597. The van der Waals surface area contributed by atoms with Gasteiger partial charge in [0, 0.05) is 12.1 Å². The standard InChI is InChI=1S/C33H54N2O6/c1-11-14-15-19-40-29(39)25-24-27(37)35(23(20-36)22(4)5)26(33(24)17-16-32(25,13-3)41-33)28(38)34(18-12-2)31(9,10)21-30(6,7)8/h11-12,22-26,36H,1-2,13-21H2,3-10H3/t23-,24-,25+,26?,32-,33?/m0/s1. The van der Waals surface area contributed by atoms with Gasteiger partial charge in [0.1, 0.15) is 17.6 Å². The molecule has 2 amide bonds. The first-order chi connectivity index (χ1) is 19.1. The van der Waals surface area contributed by atoms with Crippen molar-refractivity contribution in [3.05, 3.63) is 25.3 Å². The van der Waals surface area contributed by atoms with Gasteiger partial charge in [0.2, 0.25) is 11.8 Å². The van der Waals surface area contributed by atoms with Crippen molar-refractivity contribution in [2.75, 3.05) is 19.8 Å². The summed E-state index contributed by atoms with van der Waals surface area (Å²) in [6.07, 6.45) is 7.18. The number of rotatable bonds is 14. The fourth-order valence-electron chi connectivity index (χ4n) is 8.07. The third kappa shape index (κ3) is 5.88. The number of unbranched alkanes of at least 4 members (excludes halogenated alkanes) is 1. The van der Waals surface area contributed by atoms with Gasteiger partial charge in [0.05, 0.1) is 30.8 Å². The second-order valence-electron chi connectivity index (χ2n) is 14.5. The van der Waals surface area contributed by atoms with Gasteiger partial charge in [-0.25, -0.2) is 0 Å². The molecule has 2 unspecified atom stereocenters. The Kier molecular flexibility index (Phi) is 9.91. The van der Waals surface area contributed by atoms with Gasteiger partial charge < -0.3 is 24.4 Å². The molecule has 0 radical (unpaired) electrons. The van der Waals surface area contributed by atoms with Crippen LogP contribution in [0.3, 0.4) is 0 Å². The minimum Gasteiger partial charge on any atom is -0.465 e. The maximum Gasteiger partial charge on any atom is 0.312 e. The lowest BCUT2D eigenvalue weighted by molar-refractivity contribution is -0.165. The molecule has 0 aromatic heterocycles. The number of carbonyl (C=O) groups is 3. The fraction of sp³-hybridized carbons (Fsp3) is 0.788. The van der Waals surface area contributed by atoms with Gasteiger partial charge in [0.25, 0.3) is 0 Å². The molecule has 0 aromatic carbocycles. The maximum atomic E-state index is 14.9. The average Bonchev–Trinajstić information content (AvgIpc) is 3.47. The zero-order valence-electron chi connectivity index (χ0n) is 26.7. The quantitative estimate of drug-likeness (QED) is 0.180. The number of hydrogen-bond acceptors (Lipinski definition) is 6. The Hall–Kier alpha value is -2.19. The maximum absolute atomic E-state index is 14.9. The van der Waals surface area contributed by atoms with Gasteiger partial charge in [-0.2, -0.15) is 0 Å². The van der Waals surface area contributed by atoms with E-state index in [4.69, 9.17) is 9.47 Å². The summed E-state index contributed by atoms with van der Waals surface area (Å²) in [5.41, 5.74) is -2.65. The minimum atomic E-state index is -1.17. The zero-order chi connectivity index (χ0) is 31.0. The summed E-state index contributed by atoms with van der Waals surface area (Å²) in [6.45, 7) is 24.3. The first kappa shape index (κ1) is 33.3. The molecule has 8 nitrogen and oxygen atoms in total. The van der Waals surface area contributed by atoms with E-state index >= 15 is 0 Å². The number of hydrogen-bond donors (Lipinski definition) is 1. The Labute approximate surface area is 247 Å². The van der Waals surface area contributed by atoms with Gasteiger partial charge in [-0.3, -0.25) is 14.4 Å². The molecular formula is C33H54N2O6. The van der Waals surface area contributed by atoms with Gasteiger partial charge >= 0.3 is 5.97 Å². The second kappa shape index (κ2) is 12.2. The molecule has 3 aliphatic rings. The molecule has 1 spiro atoms. The summed E-state index contributed by atoms with van der Waals surface area (Å²) < 4.78 is 12.6. The van der Waals surface area contributed by atoms with Crippen molar-refractivity contribution in [1.29, 1.82) is 0 Å². The van der Waals surface area contributed by atoms with Crippen LogP contribution in [0.25, 0.3) is 0 Å². The van der Waals surface area contributed by atoms with Gasteiger partial charge in [0.15, 0.2) is 0 Å². The number of amides is 2. The third-order valence-corrected chi connectivity index (χ3v) is 9.49. The summed E-state index contributed by atoms with van der Waals surface area (Å²) in [7, 11) is 0. The monoisotopic (exact) mass is 574 g/mol. The number of aliphatic hydroxyl groups excluding tert-OH is 1. The molecule has 8 heteroatoms. The van der Waals surface area contributed by atoms with E-state index in [9.17, 15) is 19.5 Å². The zero-order valence-corrected chi connectivity index (χ0v) is 26.7. The number of nitrogens with zero attached hydrogens (tertiary/aromatic N) is 2. The summed E-state index contributed by atoms with van der Waals surface area (Å²) in [4.78, 5) is 46.5. The molecule has 3 aliphatic heterocycles. The predicted molar refractivity (Wildman–Crippen MR) is 160 cm³/mol. The topological polar surface area (TPSA) is 96.4 Å². The molecule has 0 saturated carbocycles.